The Morgan fingerprint density at radius 1 is 0.857 bits per heavy atom. The molecular formula is C18H14Cl2O. The highest BCUT2D eigenvalue weighted by atomic mass is 35.5. The molecule has 0 amide bonds. The van der Waals surface area contributed by atoms with E-state index in [0.29, 0.717) is 0 Å². The second-order valence-electron chi connectivity index (χ2n) is 4.82. The third-order valence-corrected chi connectivity index (χ3v) is 4.40. The summed E-state index contributed by atoms with van der Waals surface area (Å²) in [6.45, 7) is 0. The summed E-state index contributed by atoms with van der Waals surface area (Å²) in [6.07, 6.45) is 0. The van der Waals surface area contributed by atoms with E-state index in [1.807, 2.05) is 54.6 Å². The molecule has 3 aromatic carbocycles. The van der Waals surface area contributed by atoms with E-state index in [1.165, 1.54) is 0 Å². The van der Waals surface area contributed by atoms with Crippen molar-refractivity contribution in [3.8, 4) is 5.75 Å². The van der Waals surface area contributed by atoms with Gasteiger partial charge in [0.2, 0.25) is 0 Å². The predicted octanol–water partition coefficient (Wildman–Crippen LogP) is 5.83. The van der Waals surface area contributed by atoms with Crippen molar-refractivity contribution in [2.24, 2.45) is 0 Å². The van der Waals surface area contributed by atoms with Gasteiger partial charge in [0.05, 0.1) is 12.5 Å². The average molecular weight is 317 g/mol. The molecule has 0 N–H and O–H groups in total. The van der Waals surface area contributed by atoms with Crippen molar-refractivity contribution in [1.29, 1.82) is 0 Å². The third kappa shape index (κ3) is 2.72. The van der Waals surface area contributed by atoms with Crippen molar-refractivity contribution in [3.05, 3.63) is 76.8 Å². The predicted molar refractivity (Wildman–Crippen MR) is 89.6 cm³/mol. The number of rotatable bonds is 3. The summed E-state index contributed by atoms with van der Waals surface area (Å²) in [5, 5.41) is 2.63. The normalized spacial score (nSPS) is 12.3. The van der Waals surface area contributed by atoms with Gasteiger partial charge in [-0.25, -0.2) is 0 Å². The Bertz CT molecular complexity index is 766. The first-order valence-electron chi connectivity index (χ1n) is 6.66. The van der Waals surface area contributed by atoms with Crippen LogP contribution in [0.1, 0.15) is 16.5 Å². The molecule has 3 heteroatoms. The van der Waals surface area contributed by atoms with Gasteiger partial charge >= 0.3 is 0 Å². The average Bonchev–Trinajstić information content (AvgIpc) is 2.55. The van der Waals surface area contributed by atoms with Gasteiger partial charge in [0.25, 0.3) is 0 Å². The first-order chi connectivity index (χ1) is 10.2. The molecule has 0 aliphatic carbocycles. The molecule has 0 aliphatic rings. The largest absolute Gasteiger partial charge is 0.497 e. The molecule has 21 heavy (non-hydrogen) atoms. The fourth-order valence-corrected chi connectivity index (χ4v) is 3.02. The van der Waals surface area contributed by atoms with Crippen molar-refractivity contribution < 1.29 is 4.74 Å². The minimum atomic E-state index is -0.224. The fraction of sp³-hybridized carbons (Fsp3) is 0.111. The maximum atomic E-state index is 6.67. The second-order valence-corrected chi connectivity index (χ2v) is 5.66. The summed E-state index contributed by atoms with van der Waals surface area (Å²) < 4.78 is 5.18. The molecule has 3 aromatic rings. The number of ether oxygens (including phenoxy) is 1. The molecule has 106 valence electrons. The monoisotopic (exact) mass is 316 g/mol. The SMILES string of the molecule is COc1ccc(C(Cl)c2ccc(Cl)c3ccccc23)cc1. The molecule has 1 unspecified atom stereocenters. The molecule has 0 saturated carbocycles. The van der Waals surface area contributed by atoms with Gasteiger partial charge in [0.1, 0.15) is 5.75 Å². The lowest BCUT2D eigenvalue weighted by Gasteiger charge is -2.14. The van der Waals surface area contributed by atoms with Crippen molar-refractivity contribution >= 4 is 34.0 Å². The number of alkyl halides is 1. The van der Waals surface area contributed by atoms with Crippen LogP contribution >= 0.6 is 23.2 Å². The van der Waals surface area contributed by atoms with Crippen LogP contribution in [0, 0.1) is 0 Å². The molecule has 0 fully saturated rings. The molecule has 0 bridgehead atoms. The van der Waals surface area contributed by atoms with Gasteiger partial charge in [-0.1, -0.05) is 54.1 Å². The standard InChI is InChI=1S/C18H14Cl2O/c1-21-13-8-6-12(7-9-13)18(20)16-10-11-17(19)15-5-3-2-4-14(15)16/h2-11,18H,1H3. The molecule has 0 spiro atoms. The zero-order chi connectivity index (χ0) is 14.8. The molecule has 1 nitrogen and oxygen atoms in total. The van der Waals surface area contributed by atoms with Crippen molar-refractivity contribution in [2.75, 3.05) is 7.11 Å². The van der Waals surface area contributed by atoms with Crippen LogP contribution in [-0.4, -0.2) is 7.11 Å². The maximum Gasteiger partial charge on any atom is 0.118 e. The summed E-state index contributed by atoms with van der Waals surface area (Å²) in [5.41, 5.74) is 2.09. The highest BCUT2D eigenvalue weighted by Gasteiger charge is 2.15. The molecular weight excluding hydrogens is 303 g/mol. The van der Waals surface area contributed by atoms with Crippen LogP contribution in [-0.2, 0) is 0 Å². The van der Waals surface area contributed by atoms with Crippen molar-refractivity contribution in [1.82, 2.24) is 0 Å². The van der Waals surface area contributed by atoms with Crippen LogP contribution in [0.5, 0.6) is 5.75 Å². The van der Waals surface area contributed by atoms with Gasteiger partial charge < -0.3 is 4.74 Å². The lowest BCUT2D eigenvalue weighted by Crippen LogP contribution is -1.95. The highest BCUT2D eigenvalue weighted by molar-refractivity contribution is 6.36. The summed E-state index contributed by atoms with van der Waals surface area (Å²) in [6, 6.07) is 19.7. The first-order valence-corrected chi connectivity index (χ1v) is 7.47. The van der Waals surface area contributed by atoms with Crippen LogP contribution in [0.15, 0.2) is 60.7 Å². The Hall–Kier alpha value is -1.70. The lowest BCUT2D eigenvalue weighted by molar-refractivity contribution is 0.414. The molecule has 0 saturated heterocycles. The minimum absolute atomic E-state index is 0.224. The van der Waals surface area contributed by atoms with Crippen LogP contribution in [0.3, 0.4) is 0 Å². The number of halogens is 2. The summed E-state index contributed by atoms with van der Waals surface area (Å²) >= 11 is 12.9. The van der Waals surface area contributed by atoms with Gasteiger partial charge in [0, 0.05) is 10.4 Å². The van der Waals surface area contributed by atoms with Crippen LogP contribution in [0.2, 0.25) is 5.02 Å². The van der Waals surface area contributed by atoms with Gasteiger partial charge in [-0.3, -0.25) is 0 Å². The van der Waals surface area contributed by atoms with E-state index in [0.717, 1.165) is 32.7 Å². The zero-order valence-corrected chi connectivity index (χ0v) is 13.0. The third-order valence-electron chi connectivity index (χ3n) is 3.59. The molecule has 3 rings (SSSR count). The first kappa shape index (κ1) is 14.2. The van der Waals surface area contributed by atoms with E-state index in [2.05, 4.69) is 6.07 Å². The van der Waals surface area contributed by atoms with Crippen LogP contribution in [0.4, 0.5) is 0 Å². The molecule has 0 aliphatic heterocycles. The topological polar surface area (TPSA) is 9.23 Å². The Morgan fingerprint density at radius 2 is 1.52 bits per heavy atom. The maximum absolute atomic E-state index is 6.67. The van der Waals surface area contributed by atoms with E-state index >= 15 is 0 Å². The van der Waals surface area contributed by atoms with E-state index < -0.39 is 0 Å². The Balaban J connectivity index is 2.08. The van der Waals surface area contributed by atoms with Gasteiger partial charge in [-0.2, -0.15) is 0 Å². The number of hydrogen-bond acceptors (Lipinski definition) is 1. The van der Waals surface area contributed by atoms with Gasteiger partial charge in [-0.05, 0) is 34.7 Å². The molecule has 1 atom stereocenters. The summed E-state index contributed by atoms with van der Waals surface area (Å²) in [4.78, 5) is 0. The fourth-order valence-electron chi connectivity index (χ4n) is 2.46. The molecule has 0 radical (unpaired) electrons. The van der Waals surface area contributed by atoms with E-state index in [-0.39, 0.29) is 5.38 Å². The molecule has 0 aromatic heterocycles. The van der Waals surface area contributed by atoms with Crippen LogP contribution in [0.25, 0.3) is 10.8 Å². The second kappa shape index (κ2) is 5.97. The van der Waals surface area contributed by atoms with E-state index in [1.54, 1.807) is 7.11 Å². The quantitative estimate of drug-likeness (QED) is 0.552. The zero-order valence-electron chi connectivity index (χ0n) is 11.5. The Morgan fingerprint density at radius 3 is 2.19 bits per heavy atom. The lowest BCUT2D eigenvalue weighted by atomic mass is 9.98. The van der Waals surface area contributed by atoms with E-state index in [4.69, 9.17) is 27.9 Å². The van der Waals surface area contributed by atoms with Gasteiger partial charge in [0.15, 0.2) is 0 Å². The minimum Gasteiger partial charge on any atom is -0.497 e. The Kier molecular flexibility index (Phi) is 4.05. The number of hydrogen-bond donors (Lipinski definition) is 0. The smallest absolute Gasteiger partial charge is 0.118 e. The number of methoxy groups -OCH3 is 1. The van der Waals surface area contributed by atoms with Crippen LogP contribution < -0.4 is 4.74 Å². The summed E-state index contributed by atoms with van der Waals surface area (Å²) in [7, 11) is 1.65. The number of fused-ring (bicyclic) bond motifs is 1. The molecule has 0 heterocycles. The summed E-state index contributed by atoms with van der Waals surface area (Å²) in [5.74, 6) is 0.823. The van der Waals surface area contributed by atoms with E-state index in [9.17, 15) is 0 Å². The number of benzene rings is 3. The van der Waals surface area contributed by atoms with Crippen molar-refractivity contribution in [2.45, 2.75) is 5.38 Å². The highest BCUT2D eigenvalue weighted by Crippen LogP contribution is 2.36. The van der Waals surface area contributed by atoms with Crippen molar-refractivity contribution in [3.63, 3.8) is 0 Å². The Labute approximate surface area is 134 Å². The van der Waals surface area contributed by atoms with Gasteiger partial charge in [-0.15, -0.1) is 11.6 Å².